The third kappa shape index (κ3) is 2.43. The van der Waals surface area contributed by atoms with E-state index in [9.17, 15) is 9.50 Å². The molecular weight excluding hydrogens is 231 g/mol. The average molecular weight is 252 g/mol. The van der Waals surface area contributed by atoms with Crippen molar-refractivity contribution in [3.05, 3.63) is 35.1 Å². The number of halogens is 1. The maximum atomic E-state index is 13.9. The van der Waals surface area contributed by atoms with E-state index >= 15 is 0 Å². The van der Waals surface area contributed by atoms with Gasteiger partial charge in [0.2, 0.25) is 0 Å². The van der Waals surface area contributed by atoms with E-state index in [1.807, 2.05) is 6.92 Å². The van der Waals surface area contributed by atoms with E-state index in [2.05, 4.69) is 0 Å². The van der Waals surface area contributed by atoms with Gasteiger partial charge < -0.3 is 9.84 Å². The highest BCUT2D eigenvalue weighted by atomic mass is 19.1. The van der Waals surface area contributed by atoms with Crippen LogP contribution in [-0.2, 0) is 4.74 Å². The lowest BCUT2D eigenvalue weighted by molar-refractivity contribution is -0.126. The van der Waals surface area contributed by atoms with Gasteiger partial charge in [-0.15, -0.1) is 0 Å². The quantitative estimate of drug-likeness (QED) is 0.892. The summed E-state index contributed by atoms with van der Waals surface area (Å²) in [6.07, 6.45) is 3.91. The fourth-order valence-electron chi connectivity index (χ4n) is 2.90. The third-order valence-electron chi connectivity index (χ3n) is 4.05. The molecule has 2 rings (SSSR count). The van der Waals surface area contributed by atoms with Crippen LogP contribution in [0, 0.1) is 12.7 Å². The molecular formula is C15H21FO2. The number of aliphatic hydroxyl groups excluding tert-OH is 1. The Bertz CT molecular complexity index is 411. The molecule has 1 atom stereocenters. The van der Waals surface area contributed by atoms with Crippen LogP contribution in [0.1, 0.15) is 49.3 Å². The fraction of sp³-hybridized carbons (Fsp3) is 0.600. The van der Waals surface area contributed by atoms with E-state index in [4.69, 9.17) is 4.74 Å². The molecule has 0 spiro atoms. The van der Waals surface area contributed by atoms with E-state index in [1.54, 1.807) is 19.2 Å². The van der Waals surface area contributed by atoms with Gasteiger partial charge in [0.1, 0.15) is 11.9 Å². The minimum absolute atomic E-state index is 0.352. The summed E-state index contributed by atoms with van der Waals surface area (Å²) in [6.45, 7) is 1.90. The van der Waals surface area contributed by atoms with Crippen LogP contribution < -0.4 is 0 Å². The highest BCUT2D eigenvalue weighted by Crippen LogP contribution is 2.41. The first-order valence-corrected chi connectivity index (χ1v) is 6.58. The summed E-state index contributed by atoms with van der Waals surface area (Å²) in [6, 6.07) is 4.85. The highest BCUT2D eigenvalue weighted by Gasteiger charge is 2.41. The van der Waals surface area contributed by atoms with Crippen LogP contribution in [0.5, 0.6) is 0 Å². The Morgan fingerprint density at radius 1 is 1.28 bits per heavy atom. The lowest BCUT2D eigenvalue weighted by Gasteiger charge is -2.40. The first-order valence-electron chi connectivity index (χ1n) is 6.58. The molecule has 0 heterocycles. The number of aryl methyl sites for hydroxylation is 1. The zero-order valence-corrected chi connectivity index (χ0v) is 11.1. The molecule has 1 unspecified atom stereocenters. The van der Waals surface area contributed by atoms with Gasteiger partial charge >= 0.3 is 0 Å². The van der Waals surface area contributed by atoms with E-state index in [0.29, 0.717) is 5.56 Å². The zero-order chi connectivity index (χ0) is 13.2. The molecule has 18 heavy (non-hydrogen) atoms. The Balaban J connectivity index is 2.33. The van der Waals surface area contributed by atoms with Gasteiger partial charge in [0.05, 0.1) is 5.60 Å². The molecule has 1 aliphatic rings. The monoisotopic (exact) mass is 252 g/mol. The molecule has 100 valence electrons. The average Bonchev–Trinajstić information content (AvgIpc) is 2.41. The molecule has 1 saturated carbocycles. The smallest absolute Gasteiger partial charge is 0.129 e. The van der Waals surface area contributed by atoms with E-state index in [-0.39, 0.29) is 5.82 Å². The Labute approximate surface area is 108 Å². The summed E-state index contributed by atoms with van der Waals surface area (Å²) in [4.78, 5) is 0. The highest BCUT2D eigenvalue weighted by molar-refractivity contribution is 5.28. The molecule has 1 N–H and O–H groups in total. The molecule has 1 aromatic carbocycles. The van der Waals surface area contributed by atoms with Crippen LogP contribution in [-0.4, -0.2) is 17.8 Å². The molecule has 1 aromatic rings. The summed E-state index contributed by atoms with van der Waals surface area (Å²) in [5.41, 5.74) is 0.693. The molecule has 0 aromatic heterocycles. The topological polar surface area (TPSA) is 29.5 Å². The van der Waals surface area contributed by atoms with Crippen LogP contribution >= 0.6 is 0 Å². The maximum Gasteiger partial charge on any atom is 0.129 e. The number of aliphatic hydroxyl groups is 1. The normalized spacial score (nSPS) is 20.7. The molecule has 1 aliphatic carbocycles. The lowest BCUT2D eigenvalue weighted by Crippen LogP contribution is -2.40. The number of hydrogen-bond donors (Lipinski definition) is 1. The number of methoxy groups -OCH3 is 1. The zero-order valence-electron chi connectivity index (χ0n) is 11.1. The minimum Gasteiger partial charge on any atom is -0.385 e. The standard InChI is InChI=1S/C15H21FO2/c1-11-6-7-13(16)12(10-11)14(17)15(18-2)8-4-3-5-9-15/h6-7,10,14,17H,3-5,8-9H2,1-2H3. The fourth-order valence-corrected chi connectivity index (χ4v) is 2.90. The van der Waals surface area contributed by atoms with E-state index in [1.165, 1.54) is 6.07 Å². The minimum atomic E-state index is -0.886. The first kappa shape index (κ1) is 13.5. The summed E-state index contributed by atoms with van der Waals surface area (Å²) in [7, 11) is 1.61. The Kier molecular flexibility index (Phi) is 4.03. The third-order valence-corrected chi connectivity index (χ3v) is 4.05. The van der Waals surface area contributed by atoms with Crippen LogP contribution in [0.2, 0.25) is 0 Å². The van der Waals surface area contributed by atoms with Gasteiger partial charge in [-0.05, 0) is 25.8 Å². The van der Waals surface area contributed by atoms with Gasteiger partial charge in [-0.1, -0.05) is 37.0 Å². The van der Waals surface area contributed by atoms with Crippen molar-refractivity contribution < 1.29 is 14.2 Å². The van der Waals surface area contributed by atoms with Crippen molar-refractivity contribution in [1.82, 2.24) is 0 Å². The van der Waals surface area contributed by atoms with Crippen molar-refractivity contribution in [3.8, 4) is 0 Å². The van der Waals surface area contributed by atoms with Crippen molar-refractivity contribution in [2.75, 3.05) is 7.11 Å². The summed E-state index contributed by atoms with van der Waals surface area (Å²) >= 11 is 0. The van der Waals surface area contributed by atoms with Gasteiger partial charge in [0.15, 0.2) is 0 Å². The Hall–Kier alpha value is -0.930. The molecule has 0 amide bonds. The molecule has 2 nitrogen and oxygen atoms in total. The van der Waals surface area contributed by atoms with Crippen molar-refractivity contribution in [1.29, 1.82) is 0 Å². The van der Waals surface area contributed by atoms with Crippen LogP contribution in [0.4, 0.5) is 4.39 Å². The van der Waals surface area contributed by atoms with Crippen LogP contribution in [0.25, 0.3) is 0 Å². The summed E-state index contributed by atoms with van der Waals surface area (Å²) in [5.74, 6) is -0.352. The lowest BCUT2D eigenvalue weighted by atomic mass is 9.78. The molecule has 0 radical (unpaired) electrons. The van der Waals surface area contributed by atoms with Gasteiger partial charge in [-0.25, -0.2) is 4.39 Å². The largest absolute Gasteiger partial charge is 0.385 e. The second kappa shape index (κ2) is 5.37. The SMILES string of the molecule is COC1(C(O)c2cc(C)ccc2F)CCCCC1. The number of ether oxygens (including phenoxy) is 1. The number of hydrogen-bond acceptors (Lipinski definition) is 2. The molecule has 0 bridgehead atoms. The Morgan fingerprint density at radius 3 is 2.56 bits per heavy atom. The first-order chi connectivity index (χ1) is 8.59. The number of benzene rings is 1. The number of rotatable bonds is 3. The molecule has 0 saturated heterocycles. The van der Waals surface area contributed by atoms with Crippen LogP contribution in [0.3, 0.4) is 0 Å². The predicted molar refractivity (Wildman–Crippen MR) is 68.9 cm³/mol. The molecule has 3 heteroatoms. The van der Waals surface area contributed by atoms with Gasteiger partial charge in [0, 0.05) is 12.7 Å². The van der Waals surface area contributed by atoms with Gasteiger partial charge in [0.25, 0.3) is 0 Å². The van der Waals surface area contributed by atoms with Gasteiger partial charge in [-0.3, -0.25) is 0 Å². The maximum absolute atomic E-state index is 13.9. The summed E-state index contributed by atoms with van der Waals surface area (Å²) < 4.78 is 19.4. The van der Waals surface area contributed by atoms with Crippen molar-refractivity contribution >= 4 is 0 Å². The van der Waals surface area contributed by atoms with Gasteiger partial charge in [-0.2, -0.15) is 0 Å². The van der Waals surface area contributed by atoms with Crippen molar-refractivity contribution in [2.45, 2.75) is 50.7 Å². The Morgan fingerprint density at radius 2 is 1.94 bits per heavy atom. The second-order valence-corrected chi connectivity index (χ2v) is 5.26. The predicted octanol–water partition coefficient (Wildman–Crippen LogP) is 3.52. The second-order valence-electron chi connectivity index (χ2n) is 5.26. The molecule has 1 fully saturated rings. The summed E-state index contributed by atoms with van der Waals surface area (Å²) in [5, 5.41) is 10.5. The van der Waals surface area contributed by atoms with Crippen LogP contribution in [0.15, 0.2) is 18.2 Å². The van der Waals surface area contributed by atoms with Crippen molar-refractivity contribution in [3.63, 3.8) is 0 Å². The van der Waals surface area contributed by atoms with E-state index in [0.717, 1.165) is 37.7 Å². The molecule has 0 aliphatic heterocycles. The van der Waals surface area contributed by atoms with Crippen molar-refractivity contribution in [2.24, 2.45) is 0 Å². The van der Waals surface area contributed by atoms with E-state index < -0.39 is 11.7 Å².